The zero-order valence-electron chi connectivity index (χ0n) is 6.92. The Kier molecular flexibility index (Phi) is 2.44. The lowest BCUT2D eigenvalue weighted by molar-refractivity contribution is 0.375. The van der Waals surface area contributed by atoms with Gasteiger partial charge < -0.3 is 9.47 Å². The Morgan fingerprint density at radius 2 is 1.27 bits per heavy atom. The van der Waals surface area contributed by atoms with E-state index in [0.29, 0.717) is 12.2 Å². The van der Waals surface area contributed by atoms with Gasteiger partial charge in [0, 0.05) is 0 Å². The lowest BCUT2D eigenvalue weighted by atomic mass is 10.1. The van der Waals surface area contributed by atoms with Gasteiger partial charge in [0.25, 0.3) is 0 Å². The van der Waals surface area contributed by atoms with Crippen molar-refractivity contribution in [1.82, 2.24) is 0 Å². The van der Waals surface area contributed by atoms with Crippen LogP contribution >= 0.6 is 0 Å². The molecule has 64 valence electrons. The molecule has 0 bridgehead atoms. The van der Waals surface area contributed by atoms with Gasteiger partial charge >= 0.3 is 0 Å². The average Bonchev–Trinajstić information content (AvgIpc) is 2.83. The number of hydrogen-bond donors (Lipinski definition) is 0. The summed E-state index contributed by atoms with van der Waals surface area (Å²) >= 11 is 0. The Labute approximate surface area is 67.9 Å². The lowest BCUT2D eigenvalue weighted by Gasteiger charge is -1.96. The highest BCUT2D eigenvalue weighted by Crippen LogP contribution is 2.20. The summed E-state index contributed by atoms with van der Waals surface area (Å²) in [6.07, 6.45) is 7.88. The van der Waals surface area contributed by atoms with Crippen LogP contribution in [0.25, 0.3) is 0 Å². The molecule has 0 aliphatic carbocycles. The summed E-state index contributed by atoms with van der Waals surface area (Å²) in [7, 11) is 0. The summed E-state index contributed by atoms with van der Waals surface area (Å²) in [6.45, 7) is 2.04. The Morgan fingerprint density at radius 3 is 1.64 bits per heavy atom. The van der Waals surface area contributed by atoms with E-state index >= 15 is 0 Å². The standard InChI is InChI=1S/C9H16O2/c1(2-4-8-6-10-8)3-5-9-7-11-9/h8-9H,1-7H2/t8-,9-/m1/s1. The minimum absolute atomic E-state index is 0.632. The van der Waals surface area contributed by atoms with Crippen molar-refractivity contribution in [3.63, 3.8) is 0 Å². The minimum atomic E-state index is 0.632. The molecule has 2 aliphatic heterocycles. The van der Waals surface area contributed by atoms with Gasteiger partial charge in [-0.25, -0.2) is 0 Å². The van der Waals surface area contributed by atoms with Gasteiger partial charge in [0.05, 0.1) is 25.4 Å². The van der Waals surface area contributed by atoms with Crippen molar-refractivity contribution in [3.8, 4) is 0 Å². The second-order valence-electron chi connectivity index (χ2n) is 3.55. The second kappa shape index (κ2) is 3.55. The molecule has 2 nitrogen and oxygen atoms in total. The molecule has 0 aromatic rings. The van der Waals surface area contributed by atoms with E-state index in [-0.39, 0.29) is 0 Å². The molecule has 0 spiro atoms. The first kappa shape index (κ1) is 7.56. The average molecular weight is 156 g/mol. The molecule has 2 heteroatoms. The van der Waals surface area contributed by atoms with Crippen LogP contribution in [0.4, 0.5) is 0 Å². The van der Waals surface area contributed by atoms with Crippen molar-refractivity contribution in [2.75, 3.05) is 13.2 Å². The summed E-state index contributed by atoms with van der Waals surface area (Å²) in [6, 6.07) is 0. The first-order chi connectivity index (χ1) is 5.45. The number of ether oxygens (including phenoxy) is 2. The van der Waals surface area contributed by atoms with E-state index in [1.807, 2.05) is 0 Å². The highest BCUT2D eigenvalue weighted by atomic mass is 16.6. The number of hydrogen-bond acceptors (Lipinski definition) is 2. The van der Waals surface area contributed by atoms with Crippen LogP contribution in [-0.2, 0) is 9.47 Å². The first-order valence-electron chi connectivity index (χ1n) is 4.68. The maximum absolute atomic E-state index is 5.12. The molecule has 0 aromatic heterocycles. The Hall–Kier alpha value is -0.0800. The quantitative estimate of drug-likeness (QED) is 0.432. The van der Waals surface area contributed by atoms with Gasteiger partial charge in [-0.1, -0.05) is 19.3 Å². The third kappa shape index (κ3) is 3.21. The SMILES string of the molecule is C(CC[C@@H]1CO1)CC[C@@H]1CO1. The van der Waals surface area contributed by atoms with Gasteiger partial charge in [0.1, 0.15) is 0 Å². The fourth-order valence-electron chi connectivity index (χ4n) is 1.39. The van der Waals surface area contributed by atoms with Crippen molar-refractivity contribution < 1.29 is 9.47 Å². The third-order valence-electron chi connectivity index (χ3n) is 2.36. The van der Waals surface area contributed by atoms with Crippen molar-refractivity contribution in [2.45, 2.75) is 44.3 Å². The van der Waals surface area contributed by atoms with Crippen LogP contribution in [0.5, 0.6) is 0 Å². The molecule has 0 unspecified atom stereocenters. The van der Waals surface area contributed by atoms with Crippen LogP contribution in [-0.4, -0.2) is 25.4 Å². The van der Waals surface area contributed by atoms with Gasteiger partial charge in [0.15, 0.2) is 0 Å². The predicted molar refractivity (Wildman–Crippen MR) is 42.6 cm³/mol. The van der Waals surface area contributed by atoms with E-state index in [9.17, 15) is 0 Å². The molecule has 2 fully saturated rings. The first-order valence-corrected chi connectivity index (χ1v) is 4.68. The molecule has 0 N–H and O–H groups in total. The van der Waals surface area contributed by atoms with Crippen LogP contribution in [0.15, 0.2) is 0 Å². The Balaban J connectivity index is 1.35. The van der Waals surface area contributed by atoms with Gasteiger partial charge in [0.2, 0.25) is 0 Å². The highest BCUT2D eigenvalue weighted by Gasteiger charge is 2.22. The van der Waals surface area contributed by atoms with Gasteiger partial charge in [-0.05, 0) is 12.8 Å². The molecule has 2 aliphatic rings. The molecule has 0 amide bonds. The Morgan fingerprint density at radius 1 is 0.818 bits per heavy atom. The molecule has 2 atom stereocenters. The molecule has 2 heterocycles. The Bertz CT molecular complexity index is 103. The van der Waals surface area contributed by atoms with E-state index in [2.05, 4.69) is 0 Å². The fourth-order valence-corrected chi connectivity index (χ4v) is 1.39. The summed E-state index contributed by atoms with van der Waals surface area (Å²) in [5.41, 5.74) is 0. The molecule has 0 saturated carbocycles. The van der Waals surface area contributed by atoms with E-state index in [0.717, 1.165) is 13.2 Å². The zero-order valence-corrected chi connectivity index (χ0v) is 6.92. The van der Waals surface area contributed by atoms with Crippen LogP contribution in [0.2, 0.25) is 0 Å². The molecule has 2 saturated heterocycles. The summed E-state index contributed by atoms with van der Waals surface area (Å²) in [4.78, 5) is 0. The van der Waals surface area contributed by atoms with Crippen LogP contribution < -0.4 is 0 Å². The fraction of sp³-hybridized carbons (Fsp3) is 1.00. The van der Waals surface area contributed by atoms with E-state index in [1.165, 1.54) is 32.1 Å². The highest BCUT2D eigenvalue weighted by molar-refractivity contribution is 4.70. The normalized spacial score (nSPS) is 33.8. The van der Waals surface area contributed by atoms with Crippen LogP contribution in [0.1, 0.15) is 32.1 Å². The van der Waals surface area contributed by atoms with E-state index in [1.54, 1.807) is 0 Å². The largest absolute Gasteiger partial charge is 0.373 e. The van der Waals surface area contributed by atoms with Crippen molar-refractivity contribution >= 4 is 0 Å². The summed E-state index contributed by atoms with van der Waals surface area (Å²) < 4.78 is 10.2. The second-order valence-corrected chi connectivity index (χ2v) is 3.55. The topological polar surface area (TPSA) is 25.1 Å². The summed E-state index contributed by atoms with van der Waals surface area (Å²) in [5, 5.41) is 0. The number of epoxide rings is 2. The monoisotopic (exact) mass is 156 g/mol. The van der Waals surface area contributed by atoms with Gasteiger partial charge in [-0.2, -0.15) is 0 Å². The zero-order chi connectivity index (χ0) is 7.52. The number of rotatable bonds is 6. The van der Waals surface area contributed by atoms with Crippen LogP contribution in [0.3, 0.4) is 0 Å². The van der Waals surface area contributed by atoms with Crippen molar-refractivity contribution in [1.29, 1.82) is 0 Å². The van der Waals surface area contributed by atoms with Crippen LogP contribution in [0, 0.1) is 0 Å². The van der Waals surface area contributed by atoms with Gasteiger partial charge in [-0.3, -0.25) is 0 Å². The predicted octanol–water partition coefficient (Wildman–Crippen LogP) is 1.73. The minimum Gasteiger partial charge on any atom is -0.373 e. The van der Waals surface area contributed by atoms with E-state index in [4.69, 9.17) is 9.47 Å². The van der Waals surface area contributed by atoms with Crippen molar-refractivity contribution in [3.05, 3.63) is 0 Å². The third-order valence-corrected chi connectivity index (χ3v) is 2.36. The molecular weight excluding hydrogens is 140 g/mol. The molecule has 0 radical (unpaired) electrons. The van der Waals surface area contributed by atoms with E-state index < -0.39 is 0 Å². The molecule has 2 rings (SSSR count). The molecule has 11 heavy (non-hydrogen) atoms. The molecular formula is C9H16O2. The summed E-state index contributed by atoms with van der Waals surface area (Å²) in [5.74, 6) is 0. The number of unbranched alkanes of at least 4 members (excludes halogenated alkanes) is 2. The van der Waals surface area contributed by atoms with Gasteiger partial charge in [-0.15, -0.1) is 0 Å². The smallest absolute Gasteiger partial charge is 0.0810 e. The maximum atomic E-state index is 5.12. The maximum Gasteiger partial charge on any atom is 0.0810 e. The lowest BCUT2D eigenvalue weighted by Crippen LogP contribution is -1.88. The van der Waals surface area contributed by atoms with Crippen molar-refractivity contribution in [2.24, 2.45) is 0 Å². The molecule has 0 aromatic carbocycles.